The van der Waals surface area contributed by atoms with Gasteiger partial charge >= 0.3 is 0 Å². The van der Waals surface area contributed by atoms with E-state index < -0.39 is 0 Å². The van der Waals surface area contributed by atoms with Gasteiger partial charge in [0.15, 0.2) is 5.82 Å². The Morgan fingerprint density at radius 1 is 1.46 bits per heavy atom. The molecular weight excluding hydrogens is 356 g/mol. The lowest BCUT2D eigenvalue weighted by Gasteiger charge is -2.35. The van der Waals surface area contributed by atoms with Crippen molar-refractivity contribution in [3.05, 3.63) is 30.0 Å². The van der Waals surface area contributed by atoms with E-state index in [0.29, 0.717) is 24.7 Å². The highest BCUT2D eigenvalue weighted by Crippen LogP contribution is 2.21. The zero-order valence-corrected chi connectivity index (χ0v) is 15.6. The SMILES string of the molecule is Cc1cc(NC(=O)CSCC(=O)N2CCNCC2c2nccn2C)no1. The molecule has 2 aromatic heterocycles. The Labute approximate surface area is 155 Å². The van der Waals surface area contributed by atoms with E-state index in [1.807, 2.05) is 22.7 Å². The fourth-order valence-corrected chi connectivity index (χ4v) is 3.55. The summed E-state index contributed by atoms with van der Waals surface area (Å²) < 4.78 is 6.83. The maximum Gasteiger partial charge on any atom is 0.235 e. The summed E-state index contributed by atoms with van der Waals surface area (Å²) >= 11 is 1.28. The van der Waals surface area contributed by atoms with Gasteiger partial charge in [0.2, 0.25) is 11.8 Å². The van der Waals surface area contributed by atoms with Crippen LogP contribution < -0.4 is 10.6 Å². The van der Waals surface area contributed by atoms with Crippen LogP contribution in [0.4, 0.5) is 5.82 Å². The number of hydrogen-bond acceptors (Lipinski definition) is 7. The second-order valence-electron chi connectivity index (χ2n) is 6.07. The number of carbonyl (C=O) groups is 2. The molecule has 10 heteroatoms. The van der Waals surface area contributed by atoms with Gasteiger partial charge in [0.1, 0.15) is 17.6 Å². The number of rotatable bonds is 6. The zero-order valence-electron chi connectivity index (χ0n) is 14.8. The number of imidazole rings is 1. The molecule has 140 valence electrons. The molecule has 1 atom stereocenters. The molecule has 0 spiro atoms. The van der Waals surface area contributed by atoms with Crippen molar-refractivity contribution in [2.24, 2.45) is 7.05 Å². The number of piperazine rings is 1. The lowest BCUT2D eigenvalue weighted by molar-refractivity contribution is -0.131. The first kappa shape index (κ1) is 18.5. The molecule has 0 saturated carbocycles. The van der Waals surface area contributed by atoms with Crippen LogP contribution in [0.5, 0.6) is 0 Å². The lowest BCUT2D eigenvalue weighted by atomic mass is 10.1. The summed E-state index contributed by atoms with van der Waals surface area (Å²) in [5, 5.41) is 9.66. The number of hydrogen-bond donors (Lipinski definition) is 2. The van der Waals surface area contributed by atoms with Crippen molar-refractivity contribution in [3.63, 3.8) is 0 Å². The van der Waals surface area contributed by atoms with Gasteiger partial charge in [-0.15, -0.1) is 11.8 Å². The first-order chi connectivity index (χ1) is 12.5. The van der Waals surface area contributed by atoms with Crippen molar-refractivity contribution >= 4 is 29.4 Å². The van der Waals surface area contributed by atoms with Crippen LogP contribution in [-0.2, 0) is 16.6 Å². The Bertz CT molecular complexity index is 774. The van der Waals surface area contributed by atoms with Gasteiger partial charge in [-0.2, -0.15) is 0 Å². The average Bonchev–Trinajstić information content (AvgIpc) is 3.23. The van der Waals surface area contributed by atoms with E-state index in [4.69, 9.17) is 4.52 Å². The number of thioether (sulfide) groups is 1. The second kappa shape index (κ2) is 8.37. The number of nitrogens with zero attached hydrogens (tertiary/aromatic N) is 4. The number of aromatic nitrogens is 3. The quantitative estimate of drug-likeness (QED) is 0.757. The highest BCUT2D eigenvalue weighted by atomic mass is 32.2. The highest BCUT2D eigenvalue weighted by molar-refractivity contribution is 8.00. The first-order valence-corrected chi connectivity index (χ1v) is 9.48. The van der Waals surface area contributed by atoms with E-state index in [1.165, 1.54) is 11.8 Å². The largest absolute Gasteiger partial charge is 0.360 e. The lowest BCUT2D eigenvalue weighted by Crippen LogP contribution is -2.50. The monoisotopic (exact) mass is 378 g/mol. The molecule has 0 radical (unpaired) electrons. The van der Waals surface area contributed by atoms with E-state index in [9.17, 15) is 9.59 Å². The van der Waals surface area contributed by atoms with Crippen LogP contribution >= 0.6 is 11.8 Å². The molecule has 3 heterocycles. The van der Waals surface area contributed by atoms with Gasteiger partial charge in [-0.25, -0.2) is 4.98 Å². The second-order valence-corrected chi connectivity index (χ2v) is 7.05. The molecule has 9 nitrogen and oxygen atoms in total. The summed E-state index contributed by atoms with van der Waals surface area (Å²) in [5.74, 6) is 2.09. The summed E-state index contributed by atoms with van der Waals surface area (Å²) in [5.41, 5.74) is 0. The number of amides is 2. The van der Waals surface area contributed by atoms with Gasteiger partial charge in [-0.05, 0) is 6.92 Å². The van der Waals surface area contributed by atoms with Crippen molar-refractivity contribution in [2.45, 2.75) is 13.0 Å². The normalized spacial score (nSPS) is 17.3. The molecule has 2 aromatic rings. The molecule has 2 N–H and O–H groups in total. The summed E-state index contributed by atoms with van der Waals surface area (Å²) in [6.07, 6.45) is 3.61. The van der Waals surface area contributed by atoms with Gasteiger partial charge in [0, 0.05) is 45.1 Å². The molecule has 0 bridgehead atoms. The minimum absolute atomic E-state index is 0.00887. The van der Waals surface area contributed by atoms with Crippen molar-refractivity contribution in [1.82, 2.24) is 24.9 Å². The molecule has 26 heavy (non-hydrogen) atoms. The molecule has 2 amide bonds. The Balaban J connectivity index is 1.50. The Kier molecular flexibility index (Phi) is 5.94. The van der Waals surface area contributed by atoms with Gasteiger partial charge in [-0.3, -0.25) is 9.59 Å². The summed E-state index contributed by atoms with van der Waals surface area (Å²) in [6, 6.07) is 1.55. The summed E-state index contributed by atoms with van der Waals surface area (Å²) in [4.78, 5) is 30.8. The number of anilines is 1. The number of aryl methyl sites for hydroxylation is 2. The third-order valence-electron chi connectivity index (χ3n) is 4.07. The molecular formula is C16H22N6O3S. The molecule has 1 aliphatic heterocycles. The minimum Gasteiger partial charge on any atom is -0.360 e. The molecule has 0 aliphatic carbocycles. The minimum atomic E-state index is -0.211. The molecule has 1 unspecified atom stereocenters. The topological polar surface area (TPSA) is 105 Å². The van der Waals surface area contributed by atoms with Crippen LogP contribution in [0, 0.1) is 6.92 Å². The fraction of sp³-hybridized carbons (Fsp3) is 0.500. The standard InChI is InChI=1S/C16H22N6O3S/c1-11-7-13(20-25-11)19-14(23)9-26-10-15(24)22-6-3-17-8-12(22)16-18-4-5-21(16)2/h4-5,7,12,17H,3,6,8-10H2,1-2H3,(H,19,20,23). The van der Waals surface area contributed by atoms with E-state index >= 15 is 0 Å². The van der Waals surface area contributed by atoms with Crippen molar-refractivity contribution in [2.75, 3.05) is 36.5 Å². The van der Waals surface area contributed by atoms with Crippen molar-refractivity contribution in [1.29, 1.82) is 0 Å². The maximum absolute atomic E-state index is 12.6. The molecule has 1 aliphatic rings. The van der Waals surface area contributed by atoms with E-state index in [1.54, 1.807) is 19.2 Å². The zero-order chi connectivity index (χ0) is 18.5. The van der Waals surface area contributed by atoms with E-state index in [0.717, 1.165) is 12.4 Å². The predicted molar refractivity (Wildman–Crippen MR) is 97.7 cm³/mol. The third-order valence-corrected chi connectivity index (χ3v) is 4.99. The van der Waals surface area contributed by atoms with Crippen LogP contribution in [0.1, 0.15) is 17.6 Å². The summed E-state index contributed by atoms with van der Waals surface area (Å²) in [6.45, 7) is 3.81. The van der Waals surface area contributed by atoms with Crippen LogP contribution in [0.25, 0.3) is 0 Å². The Morgan fingerprint density at radius 3 is 3.00 bits per heavy atom. The first-order valence-electron chi connectivity index (χ1n) is 8.33. The third kappa shape index (κ3) is 4.44. The Morgan fingerprint density at radius 2 is 2.31 bits per heavy atom. The maximum atomic E-state index is 12.6. The van der Waals surface area contributed by atoms with Gasteiger partial charge in [-0.1, -0.05) is 5.16 Å². The van der Waals surface area contributed by atoms with Gasteiger partial charge in [0.05, 0.1) is 11.5 Å². The Hall–Kier alpha value is -2.33. The fourth-order valence-electron chi connectivity index (χ4n) is 2.85. The smallest absolute Gasteiger partial charge is 0.235 e. The number of nitrogens with one attached hydrogen (secondary N) is 2. The van der Waals surface area contributed by atoms with Gasteiger partial charge in [0.25, 0.3) is 0 Å². The van der Waals surface area contributed by atoms with E-state index in [-0.39, 0.29) is 29.4 Å². The van der Waals surface area contributed by atoms with Crippen LogP contribution in [0.3, 0.4) is 0 Å². The van der Waals surface area contributed by atoms with E-state index in [2.05, 4.69) is 20.8 Å². The van der Waals surface area contributed by atoms with Gasteiger partial charge < -0.3 is 24.6 Å². The highest BCUT2D eigenvalue weighted by Gasteiger charge is 2.30. The van der Waals surface area contributed by atoms with Crippen LogP contribution in [-0.4, -0.2) is 62.6 Å². The van der Waals surface area contributed by atoms with Crippen LogP contribution in [0.15, 0.2) is 23.0 Å². The summed E-state index contributed by atoms with van der Waals surface area (Å²) in [7, 11) is 1.92. The molecule has 0 aromatic carbocycles. The molecule has 1 fully saturated rings. The molecule has 3 rings (SSSR count). The van der Waals surface area contributed by atoms with Crippen LogP contribution in [0.2, 0.25) is 0 Å². The average molecular weight is 378 g/mol. The van der Waals surface area contributed by atoms with Crippen molar-refractivity contribution in [3.8, 4) is 0 Å². The van der Waals surface area contributed by atoms with Crippen molar-refractivity contribution < 1.29 is 14.1 Å². The predicted octanol–water partition coefficient (Wildman–Crippen LogP) is 0.561. The molecule has 1 saturated heterocycles. The number of carbonyl (C=O) groups excluding carboxylic acids is 2.